The van der Waals surface area contributed by atoms with Crippen LogP contribution in [0.1, 0.15) is 71.6 Å². The van der Waals surface area contributed by atoms with Crippen molar-refractivity contribution in [1.29, 1.82) is 0 Å². The van der Waals surface area contributed by atoms with Gasteiger partial charge in [0.25, 0.3) is 0 Å². The van der Waals surface area contributed by atoms with Crippen LogP contribution >= 0.6 is 0 Å². The molecule has 0 aromatic carbocycles. The number of nitrogens with one attached hydrogen (secondary N) is 2. The fraction of sp³-hybridized carbons (Fsp3) is 0.633. The number of aromatic amines is 1. The molecular weight excluding hydrogens is 452 g/mol. The number of aliphatic hydroxyl groups excluding tert-OH is 1. The zero-order chi connectivity index (χ0) is 25.6. The molecule has 6 nitrogen and oxygen atoms in total. The van der Waals surface area contributed by atoms with Crippen LogP contribution in [0, 0.1) is 23.2 Å². The Kier molecular flexibility index (Phi) is 5.41. The summed E-state index contributed by atoms with van der Waals surface area (Å²) < 4.78 is 6.43. The maximum absolute atomic E-state index is 12.4. The predicted octanol–water partition coefficient (Wildman–Crippen LogP) is 3.85. The van der Waals surface area contributed by atoms with Gasteiger partial charge in [-0.15, -0.1) is 0 Å². The number of hydrogen-bond donors (Lipinski definition) is 4. The molecule has 6 heteroatoms. The third-order valence-electron chi connectivity index (χ3n) is 9.88. The molecule has 4 aliphatic carbocycles. The van der Waals surface area contributed by atoms with Gasteiger partial charge in [0.05, 0.1) is 18.2 Å². The van der Waals surface area contributed by atoms with Crippen molar-refractivity contribution in [2.24, 2.45) is 23.2 Å². The largest absolute Gasteiger partial charge is 0.393 e. The number of H-pyrrole nitrogens is 1. The van der Waals surface area contributed by atoms with E-state index in [2.05, 4.69) is 57.1 Å². The summed E-state index contributed by atoms with van der Waals surface area (Å²) in [6, 6.07) is 3.54. The van der Waals surface area contributed by atoms with Gasteiger partial charge >= 0.3 is 0 Å². The number of aliphatic hydroxyl groups is 2. The molecule has 36 heavy (non-hydrogen) atoms. The first-order valence-corrected chi connectivity index (χ1v) is 13.6. The molecule has 1 saturated heterocycles. The van der Waals surface area contributed by atoms with E-state index in [9.17, 15) is 15.0 Å². The van der Waals surface area contributed by atoms with Gasteiger partial charge in [-0.2, -0.15) is 0 Å². The first kappa shape index (κ1) is 24.4. The van der Waals surface area contributed by atoms with E-state index < -0.39 is 23.5 Å². The summed E-state index contributed by atoms with van der Waals surface area (Å²) in [7, 11) is 0. The highest BCUT2D eigenvalue weighted by atomic mass is 16.5. The number of allylic oxidation sites excluding steroid dienone is 3. The van der Waals surface area contributed by atoms with Crippen molar-refractivity contribution in [3.63, 3.8) is 0 Å². The topological polar surface area (TPSA) is 94.6 Å². The van der Waals surface area contributed by atoms with Crippen molar-refractivity contribution in [2.75, 3.05) is 6.61 Å². The number of fused-ring (bicyclic) bond motifs is 6. The van der Waals surface area contributed by atoms with Gasteiger partial charge < -0.3 is 19.9 Å². The van der Waals surface area contributed by atoms with Crippen LogP contribution in [-0.2, 0) is 16.7 Å². The van der Waals surface area contributed by atoms with Crippen LogP contribution < -0.4 is 10.9 Å². The number of aromatic nitrogens is 1. The molecule has 4 N–H and O–H groups in total. The lowest BCUT2D eigenvalue weighted by Crippen LogP contribution is -2.61. The minimum atomic E-state index is -1.28. The average molecular weight is 493 g/mol. The molecule has 0 spiro atoms. The van der Waals surface area contributed by atoms with Crippen molar-refractivity contribution in [1.82, 2.24) is 10.3 Å². The lowest BCUT2D eigenvalue weighted by Gasteiger charge is -2.50. The van der Waals surface area contributed by atoms with Crippen LogP contribution in [0.25, 0.3) is 0 Å². The van der Waals surface area contributed by atoms with Crippen molar-refractivity contribution in [3.8, 4) is 0 Å². The molecule has 194 valence electrons. The molecular formula is C30H40N2O4. The second kappa shape index (κ2) is 8.00. The van der Waals surface area contributed by atoms with Gasteiger partial charge in [-0.25, -0.2) is 0 Å². The standard InChI is InChI=1S/C30H40N2O4/c1-6-21-18-9-16(2)11-29(21,22-7-8-26(34)31-24(22)10-18)32-27-30(35)14-25(33)17(3)19-12-28(4,5)13-20(19)23(30)15-36-27/h6-9,17-19,25,27,32-33,35H,10-15H2,1-5H3,(H,31,34)/b21-6+/t17-,18+,19+,25-,27+,29-,30+/m1/s1. The van der Waals surface area contributed by atoms with Gasteiger partial charge in [0.15, 0.2) is 0 Å². The molecule has 7 atom stereocenters. The lowest BCUT2D eigenvalue weighted by atomic mass is 9.62. The second-order valence-electron chi connectivity index (χ2n) is 12.9. The average Bonchev–Trinajstić information content (AvgIpc) is 3.25. The van der Waals surface area contributed by atoms with Gasteiger partial charge in [0.2, 0.25) is 5.56 Å². The summed E-state index contributed by atoms with van der Waals surface area (Å²) in [4.78, 5) is 15.3. The van der Waals surface area contributed by atoms with Gasteiger partial charge in [-0.1, -0.05) is 44.1 Å². The fourth-order valence-corrected chi connectivity index (χ4v) is 8.34. The zero-order valence-electron chi connectivity index (χ0n) is 22.1. The Morgan fingerprint density at radius 2 is 2.00 bits per heavy atom. The van der Waals surface area contributed by atoms with Gasteiger partial charge in [0, 0.05) is 24.1 Å². The number of rotatable bonds is 2. The highest BCUT2D eigenvalue weighted by Gasteiger charge is 2.58. The van der Waals surface area contributed by atoms with E-state index in [0.29, 0.717) is 6.61 Å². The van der Waals surface area contributed by atoms with Crippen LogP contribution in [0.4, 0.5) is 0 Å². The Hall–Kier alpha value is -1.99. The normalized spacial score (nSPS) is 42.0. The Labute approximate surface area is 213 Å². The van der Waals surface area contributed by atoms with Gasteiger partial charge in [-0.3, -0.25) is 10.1 Å². The summed E-state index contributed by atoms with van der Waals surface area (Å²) >= 11 is 0. The van der Waals surface area contributed by atoms with E-state index in [1.165, 1.54) is 16.7 Å². The summed E-state index contributed by atoms with van der Waals surface area (Å²) in [5, 5.41) is 27.5. The molecule has 2 fully saturated rings. The minimum Gasteiger partial charge on any atom is -0.393 e. The van der Waals surface area contributed by atoms with Crippen LogP contribution in [-0.4, -0.2) is 39.7 Å². The first-order valence-electron chi connectivity index (χ1n) is 13.6. The van der Waals surface area contributed by atoms with E-state index in [1.54, 1.807) is 6.07 Å². The Morgan fingerprint density at radius 1 is 1.22 bits per heavy atom. The van der Waals surface area contributed by atoms with Crippen molar-refractivity contribution in [2.45, 2.75) is 90.2 Å². The van der Waals surface area contributed by atoms with E-state index in [1.807, 2.05) is 6.07 Å². The maximum Gasteiger partial charge on any atom is 0.248 e. The molecule has 2 heterocycles. The second-order valence-corrected chi connectivity index (χ2v) is 12.9. The number of hydrogen-bond acceptors (Lipinski definition) is 5. The number of pyridine rings is 1. The van der Waals surface area contributed by atoms with Crippen LogP contribution in [0.5, 0.6) is 0 Å². The zero-order valence-corrected chi connectivity index (χ0v) is 22.1. The lowest BCUT2D eigenvalue weighted by molar-refractivity contribution is -0.0869. The molecule has 1 saturated carbocycles. The molecule has 5 aliphatic rings. The summed E-state index contributed by atoms with van der Waals surface area (Å²) in [6.07, 6.45) is 6.93. The summed E-state index contributed by atoms with van der Waals surface area (Å²) in [5.41, 5.74) is 5.00. The molecule has 0 amide bonds. The van der Waals surface area contributed by atoms with Crippen molar-refractivity contribution >= 4 is 0 Å². The Balaban J connectivity index is 1.47. The molecule has 0 unspecified atom stereocenters. The van der Waals surface area contributed by atoms with E-state index in [4.69, 9.17) is 4.74 Å². The van der Waals surface area contributed by atoms with Gasteiger partial charge in [-0.05, 0) is 79.6 Å². The monoisotopic (exact) mass is 492 g/mol. The Morgan fingerprint density at radius 3 is 2.75 bits per heavy atom. The third-order valence-corrected chi connectivity index (χ3v) is 9.88. The maximum atomic E-state index is 12.4. The minimum absolute atomic E-state index is 0.0925. The van der Waals surface area contributed by atoms with Crippen molar-refractivity contribution < 1.29 is 14.9 Å². The van der Waals surface area contributed by atoms with E-state index >= 15 is 0 Å². The van der Waals surface area contributed by atoms with E-state index in [-0.39, 0.29) is 35.1 Å². The van der Waals surface area contributed by atoms with Crippen LogP contribution in [0.3, 0.4) is 0 Å². The summed E-state index contributed by atoms with van der Waals surface area (Å²) in [6.45, 7) is 11.3. The quantitative estimate of drug-likeness (QED) is 0.471. The van der Waals surface area contributed by atoms with Crippen molar-refractivity contribution in [3.05, 3.63) is 68.2 Å². The molecule has 2 bridgehead atoms. The first-order chi connectivity index (χ1) is 17.0. The predicted molar refractivity (Wildman–Crippen MR) is 139 cm³/mol. The van der Waals surface area contributed by atoms with Crippen LogP contribution in [0.2, 0.25) is 0 Å². The Bertz CT molecular complexity index is 1260. The SMILES string of the molecule is C/C=C1\[C@H]2C=C(C)C[C@]1(N[C@H]1OCC3=C4CC(C)(C)C[C@H]4[C@@H](C)[C@H](O)C[C@]31O)c1ccc(=O)[nH]c1C2. The highest BCUT2D eigenvalue weighted by Crippen LogP contribution is 2.56. The molecule has 0 radical (unpaired) electrons. The molecule has 1 aromatic heterocycles. The highest BCUT2D eigenvalue weighted by molar-refractivity contribution is 5.50. The smallest absolute Gasteiger partial charge is 0.248 e. The van der Waals surface area contributed by atoms with E-state index in [0.717, 1.165) is 42.5 Å². The number of ether oxygens (including phenoxy) is 1. The molecule has 1 aromatic rings. The van der Waals surface area contributed by atoms with Crippen LogP contribution in [0.15, 0.2) is 51.4 Å². The molecule has 1 aliphatic heterocycles. The van der Waals surface area contributed by atoms with Gasteiger partial charge in [0.1, 0.15) is 11.8 Å². The molecule has 6 rings (SSSR count). The summed E-state index contributed by atoms with van der Waals surface area (Å²) in [5.74, 6) is 0.546. The third kappa shape index (κ3) is 3.41. The fourth-order valence-electron chi connectivity index (χ4n) is 8.34.